The third-order valence-electron chi connectivity index (χ3n) is 1.59. The van der Waals surface area contributed by atoms with E-state index in [9.17, 15) is 0 Å². The summed E-state index contributed by atoms with van der Waals surface area (Å²) in [5, 5.41) is 24.6. The second-order valence-corrected chi connectivity index (χ2v) is 2.47. The fourth-order valence-corrected chi connectivity index (χ4v) is 1.10. The second-order valence-electron chi connectivity index (χ2n) is 2.47. The summed E-state index contributed by atoms with van der Waals surface area (Å²) in [7, 11) is 1.00. The molecule has 3 N–H and O–H groups in total. The minimum Gasteiger partial charge on any atom is -0.400 e. The SMILES string of the molecule is C#C.CC1C[C@@H](O)[C@@H](CO)O1.CO. The minimum atomic E-state index is -0.468. The van der Waals surface area contributed by atoms with Gasteiger partial charge in [0.25, 0.3) is 0 Å². The highest BCUT2D eigenvalue weighted by atomic mass is 16.5. The Kier molecular flexibility index (Phi) is 10.9. The Morgan fingerprint density at radius 2 is 1.85 bits per heavy atom. The molecule has 0 radical (unpaired) electrons. The highest BCUT2D eigenvalue weighted by Gasteiger charge is 2.30. The molecule has 78 valence electrons. The molecule has 0 spiro atoms. The summed E-state index contributed by atoms with van der Waals surface area (Å²) >= 11 is 0. The first-order chi connectivity index (χ1) is 6.24. The highest BCUT2D eigenvalue weighted by molar-refractivity contribution is 4.78. The van der Waals surface area contributed by atoms with Gasteiger partial charge in [-0.2, -0.15) is 0 Å². The molecular weight excluding hydrogens is 172 g/mol. The molecule has 4 heteroatoms. The van der Waals surface area contributed by atoms with E-state index in [2.05, 4.69) is 12.8 Å². The molecule has 0 amide bonds. The highest BCUT2D eigenvalue weighted by Crippen LogP contribution is 2.18. The van der Waals surface area contributed by atoms with Crippen molar-refractivity contribution in [3.8, 4) is 12.8 Å². The molecule has 0 saturated carbocycles. The summed E-state index contributed by atoms with van der Waals surface area (Å²) in [6.07, 6.45) is 7.92. The van der Waals surface area contributed by atoms with Gasteiger partial charge in [0.2, 0.25) is 0 Å². The average Bonchev–Trinajstić information content (AvgIpc) is 2.51. The number of hydrogen-bond acceptors (Lipinski definition) is 4. The van der Waals surface area contributed by atoms with E-state index >= 15 is 0 Å². The van der Waals surface area contributed by atoms with Crippen molar-refractivity contribution in [1.82, 2.24) is 0 Å². The van der Waals surface area contributed by atoms with Gasteiger partial charge in [0.05, 0.1) is 18.8 Å². The summed E-state index contributed by atoms with van der Waals surface area (Å²) in [5.74, 6) is 0. The zero-order chi connectivity index (χ0) is 10.9. The van der Waals surface area contributed by atoms with Crippen LogP contribution >= 0.6 is 0 Å². The third kappa shape index (κ3) is 5.61. The van der Waals surface area contributed by atoms with E-state index in [1.807, 2.05) is 6.92 Å². The Hall–Kier alpha value is -0.600. The van der Waals surface area contributed by atoms with Crippen LogP contribution in [-0.4, -0.2) is 47.3 Å². The van der Waals surface area contributed by atoms with Crippen LogP contribution in [0.4, 0.5) is 0 Å². The first-order valence-electron chi connectivity index (χ1n) is 3.96. The van der Waals surface area contributed by atoms with Crippen LogP contribution in [0.2, 0.25) is 0 Å². The van der Waals surface area contributed by atoms with Gasteiger partial charge in [0.15, 0.2) is 0 Å². The predicted molar refractivity (Wildman–Crippen MR) is 50.1 cm³/mol. The Labute approximate surface area is 79.2 Å². The second kappa shape index (κ2) is 9.49. The number of hydrogen-bond donors (Lipinski definition) is 3. The summed E-state index contributed by atoms with van der Waals surface area (Å²) < 4.78 is 5.12. The summed E-state index contributed by atoms with van der Waals surface area (Å²) in [4.78, 5) is 0. The summed E-state index contributed by atoms with van der Waals surface area (Å²) in [6, 6.07) is 0. The molecule has 1 aliphatic rings. The number of rotatable bonds is 1. The van der Waals surface area contributed by atoms with E-state index in [0.717, 1.165) is 7.11 Å². The topological polar surface area (TPSA) is 69.9 Å². The van der Waals surface area contributed by atoms with Crippen molar-refractivity contribution in [3.63, 3.8) is 0 Å². The van der Waals surface area contributed by atoms with Crippen LogP contribution in [0.25, 0.3) is 0 Å². The van der Waals surface area contributed by atoms with Crippen molar-refractivity contribution in [1.29, 1.82) is 0 Å². The monoisotopic (exact) mass is 190 g/mol. The molecule has 0 bridgehead atoms. The molecule has 4 nitrogen and oxygen atoms in total. The molecule has 0 aromatic heterocycles. The van der Waals surface area contributed by atoms with Gasteiger partial charge >= 0.3 is 0 Å². The van der Waals surface area contributed by atoms with Crippen LogP contribution in [0.15, 0.2) is 0 Å². The smallest absolute Gasteiger partial charge is 0.107 e. The molecule has 13 heavy (non-hydrogen) atoms. The van der Waals surface area contributed by atoms with E-state index in [0.29, 0.717) is 6.42 Å². The van der Waals surface area contributed by atoms with Crippen LogP contribution < -0.4 is 0 Å². The maximum absolute atomic E-state index is 9.07. The number of aliphatic hydroxyl groups excluding tert-OH is 3. The molecule has 1 heterocycles. The van der Waals surface area contributed by atoms with Crippen LogP contribution in [0, 0.1) is 12.8 Å². The first-order valence-corrected chi connectivity index (χ1v) is 3.96. The third-order valence-corrected chi connectivity index (χ3v) is 1.59. The lowest BCUT2D eigenvalue weighted by Gasteiger charge is -2.08. The van der Waals surface area contributed by atoms with Gasteiger partial charge in [0, 0.05) is 13.5 Å². The Balaban J connectivity index is 0. The number of terminal acetylenes is 1. The van der Waals surface area contributed by atoms with Gasteiger partial charge < -0.3 is 20.1 Å². The van der Waals surface area contributed by atoms with Gasteiger partial charge in [-0.3, -0.25) is 0 Å². The van der Waals surface area contributed by atoms with Crippen molar-refractivity contribution >= 4 is 0 Å². The lowest BCUT2D eigenvalue weighted by molar-refractivity contribution is -0.0170. The molecule has 1 aliphatic heterocycles. The standard InChI is InChI=1S/C6H12O3.C2H2.CH4O/c1-4-2-5(8)6(3-7)9-4;2*1-2/h4-8H,2-3H2,1H3;1-2H;2H,1H3/t4?,5-,6-;;/m1../s1. The lowest BCUT2D eigenvalue weighted by Crippen LogP contribution is -2.24. The van der Waals surface area contributed by atoms with E-state index in [4.69, 9.17) is 20.1 Å². The largest absolute Gasteiger partial charge is 0.400 e. The Bertz CT molecular complexity index is 124. The van der Waals surface area contributed by atoms with Gasteiger partial charge in [-0.05, 0) is 6.92 Å². The molecule has 1 fully saturated rings. The van der Waals surface area contributed by atoms with Crippen molar-refractivity contribution in [2.24, 2.45) is 0 Å². The van der Waals surface area contributed by atoms with E-state index in [-0.39, 0.29) is 18.8 Å². The predicted octanol–water partition coefficient (Wildman–Crippen LogP) is -0.625. The maximum Gasteiger partial charge on any atom is 0.107 e. The van der Waals surface area contributed by atoms with Crippen molar-refractivity contribution < 1.29 is 20.1 Å². The van der Waals surface area contributed by atoms with E-state index in [1.54, 1.807) is 0 Å². The maximum atomic E-state index is 9.07. The quantitative estimate of drug-likeness (QED) is 0.482. The van der Waals surface area contributed by atoms with Crippen molar-refractivity contribution in [3.05, 3.63) is 0 Å². The van der Waals surface area contributed by atoms with Crippen LogP contribution in [0.5, 0.6) is 0 Å². The number of aliphatic hydroxyl groups is 3. The molecule has 1 rings (SSSR count). The molecule has 0 aromatic carbocycles. The zero-order valence-electron chi connectivity index (χ0n) is 8.05. The van der Waals surface area contributed by atoms with Crippen LogP contribution in [-0.2, 0) is 4.74 Å². The van der Waals surface area contributed by atoms with Gasteiger partial charge in [-0.1, -0.05) is 0 Å². The Morgan fingerprint density at radius 1 is 1.38 bits per heavy atom. The minimum absolute atomic E-state index is 0.0779. The van der Waals surface area contributed by atoms with Gasteiger partial charge in [-0.25, -0.2) is 0 Å². The van der Waals surface area contributed by atoms with Crippen molar-refractivity contribution in [2.45, 2.75) is 31.7 Å². The molecule has 0 aliphatic carbocycles. The fourth-order valence-electron chi connectivity index (χ4n) is 1.10. The summed E-state index contributed by atoms with van der Waals surface area (Å²) in [6.45, 7) is 1.81. The van der Waals surface area contributed by atoms with E-state index in [1.165, 1.54) is 0 Å². The molecule has 3 atom stereocenters. The zero-order valence-corrected chi connectivity index (χ0v) is 8.05. The fraction of sp³-hybridized carbons (Fsp3) is 0.778. The molecule has 0 aromatic rings. The van der Waals surface area contributed by atoms with Crippen molar-refractivity contribution in [2.75, 3.05) is 13.7 Å². The molecule has 1 saturated heterocycles. The van der Waals surface area contributed by atoms with E-state index < -0.39 is 6.10 Å². The van der Waals surface area contributed by atoms with Crippen LogP contribution in [0.3, 0.4) is 0 Å². The number of ether oxygens (including phenoxy) is 1. The lowest BCUT2D eigenvalue weighted by atomic mass is 10.1. The first kappa shape index (κ1) is 14.9. The summed E-state index contributed by atoms with van der Waals surface area (Å²) in [5.41, 5.74) is 0. The Morgan fingerprint density at radius 3 is 2.00 bits per heavy atom. The van der Waals surface area contributed by atoms with Gasteiger partial charge in [0.1, 0.15) is 6.10 Å². The average molecular weight is 190 g/mol. The van der Waals surface area contributed by atoms with Gasteiger partial charge in [-0.15, -0.1) is 12.8 Å². The van der Waals surface area contributed by atoms with Crippen LogP contribution in [0.1, 0.15) is 13.3 Å². The normalized spacial score (nSPS) is 30.8. The molecular formula is C9H18O4. The molecule has 1 unspecified atom stereocenters.